The number of hydrogen-bond acceptors (Lipinski definition) is 5. The molecule has 0 aliphatic carbocycles. The number of carbonyl (C=O) groups excluding carboxylic acids is 2. The van der Waals surface area contributed by atoms with Crippen LogP contribution in [0.3, 0.4) is 0 Å². The van der Waals surface area contributed by atoms with Gasteiger partial charge in [0, 0.05) is 38.6 Å². The van der Waals surface area contributed by atoms with Crippen molar-refractivity contribution in [3.8, 4) is 0 Å². The minimum absolute atomic E-state index is 0.0641. The zero-order valence-corrected chi connectivity index (χ0v) is 22.1. The highest BCUT2D eigenvalue weighted by atomic mass is 16.5. The van der Waals surface area contributed by atoms with Crippen molar-refractivity contribution in [2.45, 2.75) is 18.8 Å². The van der Waals surface area contributed by atoms with Gasteiger partial charge in [-0.1, -0.05) is 78.9 Å². The average molecular weight is 526 g/mol. The lowest BCUT2D eigenvalue weighted by Gasteiger charge is -2.31. The van der Waals surface area contributed by atoms with Gasteiger partial charge < -0.3 is 9.64 Å². The van der Waals surface area contributed by atoms with E-state index in [1.54, 1.807) is 0 Å². The minimum Gasteiger partial charge on any atom is -0.379 e. The van der Waals surface area contributed by atoms with E-state index >= 15 is 0 Å². The molecule has 0 aromatic heterocycles. The summed E-state index contributed by atoms with van der Waals surface area (Å²) in [6.45, 7) is 5.05. The van der Waals surface area contributed by atoms with Gasteiger partial charge in [0.05, 0.1) is 25.3 Å². The predicted octanol–water partition coefficient (Wildman–Crippen LogP) is 4.30. The number of amidine groups is 1. The van der Waals surface area contributed by atoms with Crippen molar-refractivity contribution in [2.75, 3.05) is 50.9 Å². The third-order valence-corrected chi connectivity index (χ3v) is 7.20. The number of benzene rings is 3. The van der Waals surface area contributed by atoms with Gasteiger partial charge in [0.1, 0.15) is 5.84 Å². The van der Waals surface area contributed by atoms with Crippen molar-refractivity contribution in [3.63, 3.8) is 0 Å². The minimum atomic E-state index is -0.232. The molecule has 2 heterocycles. The summed E-state index contributed by atoms with van der Waals surface area (Å²) in [7, 11) is 0. The normalized spacial score (nSPS) is 15.9. The molecule has 1 saturated heterocycles. The molecule has 3 aromatic rings. The van der Waals surface area contributed by atoms with E-state index in [0.717, 1.165) is 26.1 Å². The molecule has 3 amide bonds. The molecule has 0 unspecified atom stereocenters. The Bertz CT molecular complexity index is 1210. The number of hydrazone groups is 1. The smallest absolute Gasteiger partial charge is 0.322 e. The van der Waals surface area contributed by atoms with E-state index in [-0.39, 0.29) is 24.3 Å². The molecule has 0 saturated carbocycles. The highest BCUT2D eigenvalue weighted by Gasteiger charge is 2.28. The van der Waals surface area contributed by atoms with Crippen LogP contribution in [0.1, 0.15) is 29.9 Å². The van der Waals surface area contributed by atoms with Crippen LogP contribution in [-0.2, 0) is 9.53 Å². The molecule has 8 nitrogen and oxygen atoms in total. The van der Waals surface area contributed by atoms with Gasteiger partial charge in [-0.15, -0.1) is 0 Å². The van der Waals surface area contributed by atoms with E-state index in [0.29, 0.717) is 37.8 Å². The van der Waals surface area contributed by atoms with E-state index in [2.05, 4.69) is 63.8 Å². The molecule has 8 heteroatoms. The number of carbonyl (C=O) groups is 2. The van der Waals surface area contributed by atoms with Crippen molar-refractivity contribution in [2.24, 2.45) is 5.10 Å². The van der Waals surface area contributed by atoms with Crippen LogP contribution >= 0.6 is 0 Å². The fourth-order valence-electron chi connectivity index (χ4n) is 5.06. The van der Waals surface area contributed by atoms with E-state index < -0.39 is 0 Å². The molecule has 0 spiro atoms. The van der Waals surface area contributed by atoms with Gasteiger partial charge in [-0.25, -0.2) is 4.79 Å². The molecule has 3 aromatic carbocycles. The lowest BCUT2D eigenvalue weighted by atomic mass is 9.88. The SMILES string of the molecule is O=C(NC1=NN(c2ccccc2)C(=O)C1)N(CCC(c1ccccc1)c1ccccc1)CCN1CCOCC1. The summed E-state index contributed by atoms with van der Waals surface area (Å²) >= 11 is 0. The fraction of sp³-hybridized carbons (Fsp3) is 0.323. The molecule has 2 aliphatic rings. The predicted molar refractivity (Wildman–Crippen MR) is 153 cm³/mol. The van der Waals surface area contributed by atoms with Crippen LogP contribution in [0.2, 0.25) is 0 Å². The van der Waals surface area contributed by atoms with Crippen LogP contribution in [0.15, 0.2) is 96.1 Å². The Morgan fingerprint density at radius 3 is 2.08 bits per heavy atom. The number of urea groups is 1. The van der Waals surface area contributed by atoms with Gasteiger partial charge in [0.15, 0.2) is 0 Å². The Hall–Kier alpha value is -4.01. The molecule has 1 N–H and O–H groups in total. The number of hydrogen-bond donors (Lipinski definition) is 1. The molecular weight excluding hydrogens is 490 g/mol. The standard InChI is InChI=1S/C31H35N5O3/c37-30-24-29(33-36(30)27-14-8-3-9-15-27)32-31(38)35(19-18-34-20-22-39-23-21-34)17-16-28(25-10-4-1-5-11-25)26-12-6-2-7-13-26/h1-15,28H,16-24H2,(H,32,33,38). The summed E-state index contributed by atoms with van der Waals surface area (Å²) in [4.78, 5) is 30.4. The molecule has 39 heavy (non-hydrogen) atoms. The topological polar surface area (TPSA) is 77.5 Å². The molecule has 0 atom stereocenters. The highest BCUT2D eigenvalue weighted by Crippen LogP contribution is 2.28. The van der Waals surface area contributed by atoms with Crippen LogP contribution < -0.4 is 10.3 Å². The van der Waals surface area contributed by atoms with Gasteiger partial charge in [0.25, 0.3) is 5.91 Å². The average Bonchev–Trinajstić information content (AvgIpc) is 3.36. The molecule has 5 rings (SSSR count). The summed E-state index contributed by atoms with van der Waals surface area (Å²) in [5, 5.41) is 8.70. The van der Waals surface area contributed by atoms with Crippen molar-refractivity contribution in [1.29, 1.82) is 0 Å². The molecule has 202 valence electrons. The Morgan fingerprint density at radius 1 is 0.872 bits per heavy atom. The quantitative estimate of drug-likeness (QED) is 0.452. The zero-order chi connectivity index (χ0) is 26.9. The third kappa shape index (κ3) is 7.10. The monoisotopic (exact) mass is 525 g/mol. The number of rotatable bonds is 9. The Kier molecular flexibility index (Phi) is 8.98. The van der Waals surface area contributed by atoms with Crippen LogP contribution in [0.25, 0.3) is 0 Å². The van der Waals surface area contributed by atoms with E-state index in [1.165, 1.54) is 16.1 Å². The van der Waals surface area contributed by atoms with E-state index in [4.69, 9.17) is 4.74 Å². The van der Waals surface area contributed by atoms with E-state index in [1.807, 2.05) is 47.4 Å². The Morgan fingerprint density at radius 2 is 1.46 bits per heavy atom. The Balaban J connectivity index is 1.30. The first-order valence-corrected chi connectivity index (χ1v) is 13.6. The third-order valence-electron chi connectivity index (χ3n) is 7.20. The molecule has 1 fully saturated rings. The summed E-state index contributed by atoms with van der Waals surface area (Å²) in [5.41, 5.74) is 3.13. The van der Waals surface area contributed by atoms with Crippen LogP contribution in [0, 0.1) is 0 Å². The van der Waals surface area contributed by atoms with Gasteiger partial charge in [-0.05, 0) is 29.7 Å². The summed E-state index contributed by atoms with van der Waals surface area (Å²) in [5.74, 6) is 0.363. The van der Waals surface area contributed by atoms with Crippen LogP contribution in [-0.4, -0.2) is 73.5 Å². The molecular formula is C31H35N5O3. The number of anilines is 1. The molecule has 0 radical (unpaired) electrons. The second kappa shape index (κ2) is 13.2. The van der Waals surface area contributed by atoms with Gasteiger partial charge in [0.2, 0.25) is 0 Å². The highest BCUT2D eigenvalue weighted by molar-refractivity contribution is 6.15. The second-order valence-corrected chi connectivity index (χ2v) is 9.80. The van der Waals surface area contributed by atoms with Crippen molar-refractivity contribution in [3.05, 3.63) is 102 Å². The van der Waals surface area contributed by atoms with Crippen molar-refractivity contribution in [1.82, 2.24) is 15.1 Å². The summed E-state index contributed by atoms with van der Waals surface area (Å²) in [6.07, 6.45) is 0.834. The first kappa shape index (κ1) is 26.6. The summed E-state index contributed by atoms with van der Waals surface area (Å²) in [6, 6.07) is 29.9. The number of nitrogens with zero attached hydrogens (tertiary/aromatic N) is 4. The molecule has 2 aliphatic heterocycles. The lowest BCUT2D eigenvalue weighted by molar-refractivity contribution is -0.116. The number of morpholine rings is 1. The van der Waals surface area contributed by atoms with Crippen LogP contribution in [0.4, 0.5) is 10.5 Å². The summed E-state index contributed by atoms with van der Waals surface area (Å²) < 4.78 is 5.49. The first-order valence-electron chi connectivity index (χ1n) is 13.6. The van der Waals surface area contributed by atoms with E-state index in [9.17, 15) is 9.59 Å². The number of para-hydroxylation sites is 1. The maximum absolute atomic E-state index is 13.6. The van der Waals surface area contributed by atoms with Crippen LogP contribution in [0.5, 0.6) is 0 Å². The lowest BCUT2D eigenvalue weighted by Crippen LogP contribution is -2.48. The Labute approximate surface area is 229 Å². The van der Waals surface area contributed by atoms with Gasteiger partial charge in [-0.2, -0.15) is 10.1 Å². The maximum Gasteiger partial charge on any atom is 0.322 e. The number of ether oxygens (including phenoxy) is 1. The maximum atomic E-state index is 13.6. The molecule has 0 bridgehead atoms. The number of amides is 3. The number of nitrogens with one attached hydrogen (secondary N) is 1. The zero-order valence-electron chi connectivity index (χ0n) is 22.1. The first-order chi connectivity index (χ1) is 19.2. The van der Waals surface area contributed by atoms with Crippen molar-refractivity contribution >= 4 is 23.5 Å². The second-order valence-electron chi connectivity index (χ2n) is 9.80. The van der Waals surface area contributed by atoms with Crippen molar-refractivity contribution < 1.29 is 14.3 Å². The fourth-order valence-corrected chi connectivity index (χ4v) is 5.06. The van der Waals surface area contributed by atoms with Gasteiger partial charge >= 0.3 is 6.03 Å². The van der Waals surface area contributed by atoms with Gasteiger partial charge in [-0.3, -0.25) is 15.0 Å². The largest absolute Gasteiger partial charge is 0.379 e.